The van der Waals surface area contributed by atoms with E-state index in [1.807, 2.05) is 48.5 Å². The third-order valence-electron chi connectivity index (χ3n) is 6.25. The summed E-state index contributed by atoms with van der Waals surface area (Å²) in [5, 5.41) is 6.38. The van der Waals surface area contributed by atoms with Crippen molar-refractivity contribution in [2.24, 2.45) is 0 Å². The molecule has 3 aromatic carbocycles. The minimum absolute atomic E-state index is 0.0934. The van der Waals surface area contributed by atoms with Gasteiger partial charge in [0.25, 0.3) is 11.8 Å². The number of amides is 4. The summed E-state index contributed by atoms with van der Waals surface area (Å²) < 4.78 is 0. The zero-order valence-corrected chi connectivity index (χ0v) is 23.0. The van der Waals surface area contributed by atoms with Gasteiger partial charge in [0.2, 0.25) is 0 Å². The minimum Gasteiger partial charge on any atom is -0.350 e. The highest BCUT2D eigenvalue weighted by atomic mass is 35.5. The minimum atomic E-state index is -0.469. The molecule has 0 atom stereocenters. The molecule has 4 amide bonds. The van der Waals surface area contributed by atoms with Gasteiger partial charge in [-0.25, -0.2) is 4.79 Å². The van der Waals surface area contributed by atoms with Gasteiger partial charge in [0.1, 0.15) is 0 Å². The first-order chi connectivity index (χ1) is 18.2. The van der Waals surface area contributed by atoms with Gasteiger partial charge < -0.3 is 20.4 Å². The average molecular weight is 574 g/mol. The van der Waals surface area contributed by atoms with Crippen LogP contribution in [0.1, 0.15) is 37.4 Å². The third kappa shape index (κ3) is 6.59. The largest absolute Gasteiger partial charge is 0.350 e. The zero-order valence-electron chi connectivity index (χ0n) is 20.8. The van der Waals surface area contributed by atoms with Crippen LogP contribution in [0.4, 0.5) is 4.79 Å². The topological polar surface area (TPSA) is 81.8 Å². The summed E-state index contributed by atoms with van der Waals surface area (Å²) in [7, 11) is 1.70. The van der Waals surface area contributed by atoms with Gasteiger partial charge >= 0.3 is 6.03 Å². The van der Waals surface area contributed by atoms with E-state index in [1.54, 1.807) is 22.9 Å². The molecular weight excluding hydrogens is 547 g/mol. The van der Waals surface area contributed by atoms with E-state index in [2.05, 4.69) is 10.6 Å². The Balaban J connectivity index is 1.34. The number of benzene rings is 3. The Hall–Kier alpha value is -3.26. The highest BCUT2D eigenvalue weighted by Gasteiger charge is 2.30. The van der Waals surface area contributed by atoms with Gasteiger partial charge in [0.05, 0.1) is 15.6 Å². The number of nitrogens with one attached hydrogen (secondary N) is 2. The SMILES string of the molecule is CN(Cc1ccccc1)C(=O)NCCNC(=O)c1c(Cl)cc2c(c1Cl)CCN(Cc1cccc(Cl)c1)C2=O. The quantitative estimate of drug-likeness (QED) is 0.353. The standard InChI is InChI=1S/C28H27Cl3N4O3/c1-34(16-18-6-3-2-4-7-18)28(38)33-12-11-32-26(36)24-23(30)15-22-21(25(24)31)10-13-35(27(22)37)17-19-8-5-9-20(29)14-19/h2-9,14-15H,10-13,16-17H2,1H3,(H,32,36)(H,33,38). The first-order valence-electron chi connectivity index (χ1n) is 12.1. The van der Waals surface area contributed by atoms with E-state index >= 15 is 0 Å². The van der Waals surface area contributed by atoms with Crippen LogP contribution in [0, 0.1) is 0 Å². The van der Waals surface area contributed by atoms with E-state index in [9.17, 15) is 14.4 Å². The van der Waals surface area contributed by atoms with E-state index in [0.717, 1.165) is 11.1 Å². The highest BCUT2D eigenvalue weighted by molar-refractivity contribution is 6.41. The molecule has 4 rings (SSSR count). The van der Waals surface area contributed by atoms with Crippen LogP contribution in [0.3, 0.4) is 0 Å². The maximum atomic E-state index is 13.2. The van der Waals surface area contributed by atoms with Crippen LogP contribution in [0.2, 0.25) is 15.1 Å². The van der Waals surface area contributed by atoms with Crippen molar-refractivity contribution in [3.8, 4) is 0 Å². The first-order valence-corrected chi connectivity index (χ1v) is 13.2. The van der Waals surface area contributed by atoms with Crippen molar-refractivity contribution in [2.75, 3.05) is 26.7 Å². The van der Waals surface area contributed by atoms with Gasteiger partial charge in [-0.2, -0.15) is 0 Å². The van der Waals surface area contributed by atoms with Crippen molar-refractivity contribution in [3.63, 3.8) is 0 Å². The second kappa shape index (κ2) is 12.5. The summed E-state index contributed by atoms with van der Waals surface area (Å²) in [6, 6.07) is 18.2. The molecule has 0 bridgehead atoms. The summed E-state index contributed by atoms with van der Waals surface area (Å²) >= 11 is 19.1. The monoisotopic (exact) mass is 572 g/mol. The predicted octanol–water partition coefficient (Wildman–Crippen LogP) is 5.42. The lowest BCUT2D eigenvalue weighted by molar-refractivity contribution is 0.0726. The van der Waals surface area contributed by atoms with E-state index in [0.29, 0.717) is 42.2 Å². The van der Waals surface area contributed by atoms with Crippen LogP contribution >= 0.6 is 34.8 Å². The fourth-order valence-electron chi connectivity index (χ4n) is 4.33. The zero-order chi connectivity index (χ0) is 27.2. The number of carbonyl (C=O) groups excluding carboxylic acids is 3. The Labute approximate surface area is 236 Å². The Kier molecular flexibility index (Phi) is 9.15. The van der Waals surface area contributed by atoms with Crippen molar-refractivity contribution in [1.29, 1.82) is 0 Å². The molecule has 1 aliphatic rings. The molecule has 0 aliphatic carbocycles. The molecule has 2 N–H and O–H groups in total. The molecule has 0 spiro atoms. The second-order valence-corrected chi connectivity index (χ2v) is 10.2. The molecule has 10 heteroatoms. The van der Waals surface area contributed by atoms with Gasteiger partial charge in [-0.1, -0.05) is 77.3 Å². The summed E-state index contributed by atoms with van der Waals surface area (Å²) in [6.07, 6.45) is 0.488. The average Bonchev–Trinajstić information content (AvgIpc) is 2.89. The van der Waals surface area contributed by atoms with Crippen LogP contribution < -0.4 is 10.6 Å². The van der Waals surface area contributed by atoms with Crippen molar-refractivity contribution in [1.82, 2.24) is 20.4 Å². The number of carbonyl (C=O) groups is 3. The molecule has 0 aromatic heterocycles. The maximum Gasteiger partial charge on any atom is 0.317 e. The van der Waals surface area contributed by atoms with Crippen molar-refractivity contribution in [3.05, 3.63) is 104 Å². The summed E-state index contributed by atoms with van der Waals surface area (Å²) in [6.45, 7) is 1.72. The van der Waals surface area contributed by atoms with Crippen LogP contribution in [0.15, 0.2) is 60.7 Å². The summed E-state index contributed by atoms with van der Waals surface area (Å²) in [5.74, 6) is -0.673. The molecule has 0 saturated carbocycles. The smallest absolute Gasteiger partial charge is 0.317 e. The van der Waals surface area contributed by atoms with Crippen molar-refractivity contribution < 1.29 is 14.4 Å². The molecular formula is C28H27Cl3N4O3. The van der Waals surface area contributed by atoms with Crippen LogP contribution in [0.5, 0.6) is 0 Å². The molecule has 0 fully saturated rings. The molecule has 0 radical (unpaired) electrons. The molecule has 198 valence electrons. The first kappa shape index (κ1) is 27.8. The molecule has 0 saturated heterocycles. The molecule has 7 nitrogen and oxygen atoms in total. The van der Waals surface area contributed by atoms with Crippen LogP contribution in [0.25, 0.3) is 0 Å². The molecule has 38 heavy (non-hydrogen) atoms. The molecule has 1 heterocycles. The summed E-state index contributed by atoms with van der Waals surface area (Å²) in [5.41, 5.74) is 3.04. The van der Waals surface area contributed by atoms with Gasteiger partial charge in [-0.15, -0.1) is 0 Å². The lowest BCUT2D eigenvalue weighted by Crippen LogP contribution is -2.41. The third-order valence-corrected chi connectivity index (χ3v) is 7.20. The van der Waals surface area contributed by atoms with Gasteiger partial charge in [-0.05, 0) is 41.3 Å². The number of nitrogens with zero attached hydrogens (tertiary/aromatic N) is 2. The van der Waals surface area contributed by atoms with Crippen molar-refractivity contribution in [2.45, 2.75) is 19.5 Å². The second-order valence-electron chi connectivity index (χ2n) is 9.01. The normalized spacial score (nSPS) is 12.6. The van der Waals surface area contributed by atoms with Crippen LogP contribution in [-0.4, -0.2) is 54.3 Å². The number of hydrogen-bond acceptors (Lipinski definition) is 3. The maximum absolute atomic E-state index is 13.2. The predicted molar refractivity (Wildman–Crippen MR) is 150 cm³/mol. The lowest BCUT2D eigenvalue weighted by atomic mass is 9.95. The highest BCUT2D eigenvalue weighted by Crippen LogP contribution is 2.35. The summed E-state index contributed by atoms with van der Waals surface area (Å²) in [4.78, 5) is 41.7. The lowest BCUT2D eigenvalue weighted by Gasteiger charge is -2.30. The fraction of sp³-hybridized carbons (Fsp3) is 0.250. The van der Waals surface area contributed by atoms with Crippen molar-refractivity contribution >= 4 is 52.6 Å². The van der Waals surface area contributed by atoms with Gasteiger partial charge in [0.15, 0.2) is 0 Å². The molecule has 0 unspecified atom stereocenters. The Morgan fingerprint density at radius 2 is 1.66 bits per heavy atom. The van der Waals surface area contributed by atoms with E-state index in [1.165, 1.54) is 6.07 Å². The van der Waals surface area contributed by atoms with Gasteiger partial charge in [0, 0.05) is 50.4 Å². The number of urea groups is 1. The molecule has 1 aliphatic heterocycles. The fourth-order valence-corrected chi connectivity index (χ4v) is 5.26. The number of halogens is 3. The Morgan fingerprint density at radius 3 is 2.39 bits per heavy atom. The number of hydrogen-bond donors (Lipinski definition) is 2. The Morgan fingerprint density at radius 1 is 0.947 bits per heavy atom. The molecule has 3 aromatic rings. The number of fused-ring (bicyclic) bond motifs is 1. The number of rotatable bonds is 8. The van der Waals surface area contributed by atoms with E-state index < -0.39 is 5.91 Å². The van der Waals surface area contributed by atoms with E-state index in [-0.39, 0.29) is 40.6 Å². The Bertz CT molecular complexity index is 1350. The van der Waals surface area contributed by atoms with Crippen LogP contribution in [-0.2, 0) is 19.5 Å². The van der Waals surface area contributed by atoms with E-state index in [4.69, 9.17) is 34.8 Å². The van der Waals surface area contributed by atoms with Gasteiger partial charge in [-0.3, -0.25) is 9.59 Å².